The number of nitrogens with two attached hydrogens (primary N) is 1. The van der Waals surface area contributed by atoms with Gasteiger partial charge in [-0.2, -0.15) is 10.1 Å². The van der Waals surface area contributed by atoms with Crippen molar-refractivity contribution < 1.29 is 9.53 Å². The molecule has 3 N–H and O–H groups in total. The largest absolute Gasteiger partial charge is 0.489 e. The maximum absolute atomic E-state index is 12.0. The topological polar surface area (TPSA) is 95.1 Å². The molecular weight excluding hydrogens is 342 g/mol. The van der Waals surface area contributed by atoms with E-state index in [1.165, 1.54) is 6.33 Å². The number of nitrogens with one attached hydrogen (secondary N) is 1. The minimum Gasteiger partial charge on any atom is -0.489 e. The number of rotatable bonds is 5. The van der Waals surface area contributed by atoms with E-state index in [2.05, 4.69) is 15.4 Å². The van der Waals surface area contributed by atoms with Gasteiger partial charge in [-0.1, -0.05) is 42.5 Å². The Hall–Kier alpha value is -3.61. The lowest BCUT2D eigenvalue weighted by Crippen LogP contribution is -2.31. The molecule has 0 saturated heterocycles. The highest BCUT2D eigenvalue weighted by Crippen LogP contribution is 2.34. The van der Waals surface area contributed by atoms with Crippen molar-refractivity contribution in [2.45, 2.75) is 19.6 Å². The molecule has 0 aliphatic carbocycles. The first-order chi connectivity index (χ1) is 13.1. The van der Waals surface area contributed by atoms with Gasteiger partial charge in [-0.3, -0.25) is 4.79 Å². The number of hydrogen-bond acceptors (Lipinski definition) is 5. The van der Waals surface area contributed by atoms with Crippen LogP contribution in [-0.4, -0.2) is 20.7 Å². The molecule has 0 bridgehead atoms. The van der Waals surface area contributed by atoms with Crippen molar-refractivity contribution in [3.8, 4) is 5.75 Å². The predicted molar refractivity (Wildman–Crippen MR) is 101 cm³/mol. The van der Waals surface area contributed by atoms with Gasteiger partial charge in [-0.05, 0) is 30.2 Å². The van der Waals surface area contributed by atoms with Crippen LogP contribution < -0.4 is 15.8 Å². The van der Waals surface area contributed by atoms with Crippen molar-refractivity contribution in [2.24, 2.45) is 5.73 Å². The molecule has 27 heavy (non-hydrogen) atoms. The Kier molecular flexibility index (Phi) is 4.33. The van der Waals surface area contributed by atoms with E-state index in [9.17, 15) is 4.79 Å². The van der Waals surface area contributed by atoms with Crippen molar-refractivity contribution in [2.75, 3.05) is 5.32 Å². The Labute approximate surface area is 156 Å². The van der Waals surface area contributed by atoms with Crippen LogP contribution in [0, 0.1) is 0 Å². The molecule has 1 amide bonds. The smallest absolute Gasteiger partial charge is 0.248 e. The molecule has 1 atom stereocenters. The van der Waals surface area contributed by atoms with Crippen LogP contribution in [0.2, 0.25) is 0 Å². The van der Waals surface area contributed by atoms with Crippen LogP contribution in [0.25, 0.3) is 0 Å². The molecule has 1 unspecified atom stereocenters. The Morgan fingerprint density at radius 1 is 1.19 bits per heavy atom. The van der Waals surface area contributed by atoms with E-state index in [0.717, 1.165) is 16.9 Å². The quantitative estimate of drug-likeness (QED) is 0.728. The number of ether oxygens (including phenoxy) is 1. The van der Waals surface area contributed by atoms with Gasteiger partial charge >= 0.3 is 0 Å². The fourth-order valence-electron chi connectivity index (χ4n) is 3.21. The molecule has 4 rings (SSSR count). The van der Waals surface area contributed by atoms with Gasteiger partial charge in [-0.25, -0.2) is 4.68 Å². The van der Waals surface area contributed by atoms with Crippen LogP contribution >= 0.6 is 0 Å². The SMILES string of the molecule is CC1=C(C(N)=O)C(c2ccc(OCc3ccccc3)cc2)n2ncnc2N1. The van der Waals surface area contributed by atoms with Gasteiger partial charge in [-0.15, -0.1) is 0 Å². The van der Waals surface area contributed by atoms with Crippen molar-refractivity contribution in [3.63, 3.8) is 0 Å². The number of primary amides is 1. The molecule has 2 aromatic carbocycles. The first-order valence-electron chi connectivity index (χ1n) is 8.57. The Morgan fingerprint density at radius 3 is 2.63 bits per heavy atom. The number of allylic oxidation sites excluding steroid dienone is 1. The van der Waals surface area contributed by atoms with Gasteiger partial charge in [0.15, 0.2) is 0 Å². The highest BCUT2D eigenvalue weighted by molar-refractivity contribution is 5.95. The number of hydrogen-bond donors (Lipinski definition) is 2. The summed E-state index contributed by atoms with van der Waals surface area (Å²) in [4.78, 5) is 16.2. The highest BCUT2D eigenvalue weighted by Gasteiger charge is 2.32. The number of carbonyl (C=O) groups excluding carboxylic acids is 1. The maximum atomic E-state index is 12.0. The molecule has 1 aliphatic rings. The molecule has 1 aromatic heterocycles. The third-order valence-electron chi connectivity index (χ3n) is 4.50. The second kappa shape index (κ2) is 6.95. The normalized spacial score (nSPS) is 15.8. The molecule has 3 aromatic rings. The van der Waals surface area contributed by atoms with E-state index in [4.69, 9.17) is 10.5 Å². The van der Waals surface area contributed by atoms with E-state index in [-0.39, 0.29) is 0 Å². The zero-order valence-electron chi connectivity index (χ0n) is 14.8. The molecule has 0 radical (unpaired) electrons. The molecule has 0 saturated carbocycles. The third kappa shape index (κ3) is 3.27. The van der Waals surface area contributed by atoms with Gasteiger partial charge in [0.05, 0.1) is 5.57 Å². The summed E-state index contributed by atoms with van der Waals surface area (Å²) in [7, 11) is 0. The van der Waals surface area contributed by atoms with Gasteiger partial charge in [0.1, 0.15) is 24.7 Å². The lowest BCUT2D eigenvalue weighted by Gasteiger charge is -2.27. The molecule has 7 heteroatoms. The number of nitrogens with zero attached hydrogens (tertiary/aromatic N) is 3. The molecule has 136 valence electrons. The second-order valence-corrected chi connectivity index (χ2v) is 6.30. The maximum Gasteiger partial charge on any atom is 0.248 e. The molecule has 1 aliphatic heterocycles. The first kappa shape index (κ1) is 16.8. The highest BCUT2D eigenvalue weighted by atomic mass is 16.5. The third-order valence-corrected chi connectivity index (χ3v) is 4.50. The van der Waals surface area contributed by atoms with E-state index in [1.807, 2.05) is 61.5 Å². The van der Waals surface area contributed by atoms with Crippen molar-refractivity contribution in [1.82, 2.24) is 14.8 Å². The number of carbonyl (C=O) groups is 1. The average molecular weight is 361 g/mol. The lowest BCUT2D eigenvalue weighted by molar-refractivity contribution is -0.115. The molecule has 7 nitrogen and oxygen atoms in total. The molecular formula is C20H19N5O2. The summed E-state index contributed by atoms with van der Waals surface area (Å²) < 4.78 is 7.49. The summed E-state index contributed by atoms with van der Waals surface area (Å²) in [5.41, 5.74) is 8.75. The Morgan fingerprint density at radius 2 is 1.93 bits per heavy atom. The van der Waals surface area contributed by atoms with E-state index in [0.29, 0.717) is 23.8 Å². The van der Waals surface area contributed by atoms with Crippen LogP contribution in [0.1, 0.15) is 24.1 Å². The second-order valence-electron chi connectivity index (χ2n) is 6.30. The molecule has 2 heterocycles. The van der Waals surface area contributed by atoms with E-state index in [1.54, 1.807) is 4.68 Å². The Bertz CT molecular complexity index is 993. The fourth-order valence-corrected chi connectivity index (χ4v) is 3.21. The lowest BCUT2D eigenvalue weighted by atomic mass is 9.95. The minimum absolute atomic E-state index is 0.426. The summed E-state index contributed by atoms with van der Waals surface area (Å²) in [6, 6.07) is 17.1. The molecule has 0 spiro atoms. The van der Waals surface area contributed by atoms with Crippen LogP contribution in [-0.2, 0) is 11.4 Å². The number of fused-ring (bicyclic) bond motifs is 1. The van der Waals surface area contributed by atoms with Crippen molar-refractivity contribution in [1.29, 1.82) is 0 Å². The Balaban J connectivity index is 1.60. The first-order valence-corrected chi connectivity index (χ1v) is 8.57. The predicted octanol–water partition coefficient (Wildman–Crippen LogP) is 2.63. The zero-order valence-corrected chi connectivity index (χ0v) is 14.8. The van der Waals surface area contributed by atoms with Crippen molar-refractivity contribution in [3.05, 3.63) is 83.3 Å². The monoisotopic (exact) mass is 361 g/mol. The summed E-state index contributed by atoms with van der Waals surface area (Å²) in [6.07, 6.45) is 1.45. The van der Waals surface area contributed by atoms with E-state index < -0.39 is 11.9 Å². The number of aromatic nitrogens is 3. The van der Waals surface area contributed by atoms with Crippen LogP contribution in [0.3, 0.4) is 0 Å². The summed E-state index contributed by atoms with van der Waals surface area (Å²) in [5.74, 6) is 0.833. The van der Waals surface area contributed by atoms with Gasteiger partial charge in [0.2, 0.25) is 11.9 Å². The average Bonchev–Trinajstić information content (AvgIpc) is 3.14. The van der Waals surface area contributed by atoms with Gasteiger partial charge in [0, 0.05) is 5.70 Å². The van der Waals surface area contributed by atoms with Gasteiger partial charge in [0.25, 0.3) is 0 Å². The minimum atomic E-state index is -0.490. The number of amides is 1. The number of benzene rings is 2. The summed E-state index contributed by atoms with van der Waals surface area (Å²) in [6.45, 7) is 2.30. The van der Waals surface area contributed by atoms with Crippen molar-refractivity contribution >= 4 is 11.9 Å². The van der Waals surface area contributed by atoms with Gasteiger partial charge < -0.3 is 15.8 Å². The fraction of sp³-hybridized carbons (Fsp3) is 0.150. The standard InChI is InChI=1S/C20H19N5O2/c1-13-17(19(21)26)18(25-20(24-13)22-12-23-25)15-7-9-16(10-8-15)27-11-14-5-3-2-4-6-14/h2-10,12,18H,11H2,1H3,(H2,21,26)(H,22,23,24). The molecule has 0 fully saturated rings. The number of anilines is 1. The summed E-state index contributed by atoms with van der Waals surface area (Å²) in [5, 5.41) is 7.31. The van der Waals surface area contributed by atoms with Crippen LogP contribution in [0.4, 0.5) is 5.95 Å². The zero-order chi connectivity index (χ0) is 18.8. The summed E-state index contributed by atoms with van der Waals surface area (Å²) >= 11 is 0. The van der Waals surface area contributed by atoms with Crippen LogP contribution in [0.5, 0.6) is 5.75 Å². The van der Waals surface area contributed by atoms with Crippen LogP contribution in [0.15, 0.2) is 72.2 Å². The van der Waals surface area contributed by atoms with E-state index >= 15 is 0 Å².